The lowest BCUT2D eigenvalue weighted by molar-refractivity contribution is -0.181. The first-order valence-electron chi connectivity index (χ1n) is 9.87. The molecule has 0 saturated heterocycles. The maximum atomic E-state index is 13.5. The minimum absolute atomic E-state index is 0.0229. The number of benzene rings is 1. The average molecular weight is 429 g/mol. The van der Waals surface area contributed by atoms with E-state index in [-0.39, 0.29) is 24.1 Å². The summed E-state index contributed by atoms with van der Waals surface area (Å²) in [6, 6.07) is 1.94. The highest BCUT2D eigenvalue weighted by atomic mass is 16.3. The smallest absolute Gasteiger partial charge is 0.235 e. The van der Waals surface area contributed by atoms with Crippen molar-refractivity contribution in [2.45, 2.75) is 24.5 Å². The molecular weight excluding hydrogens is 406 g/mol. The topological polar surface area (TPSA) is 181 Å². The lowest BCUT2D eigenvalue weighted by atomic mass is 9.52. The van der Waals surface area contributed by atoms with Crippen molar-refractivity contribution in [1.82, 2.24) is 4.90 Å². The Morgan fingerprint density at radius 3 is 2.39 bits per heavy atom. The predicted octanol–water partition coefficient (Wildman–Crippen LogP) is -1.55. The van der Waals surface area contributed by atoms with Gasteiger partial charge in [0, 0.05) is 5.92 Å². The Bertz CT molecular complexity index is 1070. The maximum absolute atomic E-state index is 13.5. The normalized spacial score (nSPS) is 34.9. The number of carbonyl (C=O) groups is 5. The molecule has 0 heterocycles. The molecule has 3 aliphatic carbocycles. The summed E-state index contributed by atoms with van der Waals surface area (Å²) in [5, 5.41) is 21.7. The summed E-state index contributed by atoms with van der Waals surface area (Å²) in [5.41, 5.74) is 8.60. The summed E-state index contributed by atoms with van der Waals surface area (Å²) in [6.07, 6.45) is 0.245. The maximum Gasteiger partial charge on any atom is 0.235 e. The fourth-order valence-electron chi connectivity index (χ4n) is 5.60. The molecule has 0 spiro atoms. The van der Waals surface area contributed by atoms with Crippen molar-refractivity contribution in [3.63, 3.8) is 0 Å². The first-order chi connectivity index (χ1) is 14.4. The SMILES string of the molecule is CN(C)C1C(=O)C(C(N)=O)C(=O)C2(O)C(=O)C3C(=O)c4c(ccc(N)c4O)CC3CC12. The van der Waals surface area contributed by atoms with Crippen LogP contribution in [-0.4, -0.2) is 69.9 Å². The molecule has 1 amide bonds. The molecule has 6 atom stereocenters. The Balaban J connectivity index is 1.87. The van der Waals surface area contributed by atoms with Crippen LogP contribution in [0, 0.1) is 23.7 Å². The van der Waals surface area contributed by atoms with Crippen molar-refractivity contribution in [3.05, 3.63) is 23.3 Å². The molecule has 0 aromatic heterocycles. The number of carbonyl (C=O) groups excluding carboxylic acids is 5. The average Bonchev–Trinajstić information content (AvgIpc) is 2.67. The van der Waals surface area contributed by atoms with E-state index in [9.17, 15) is 34.2 Å². The van der Waals surface area contributed by atoms with E-state index in [1.165, 1.54) is 25.1 Å². The Morgan fingerprint density at radius 1 is 1.16 bits per heavy atom. The number of ketones is 4. The molecule has 2 fully saturated rings. The monoisotopic (exact) mass is 429 g/mol. The van der Waals surface area contributed by atoms with Crippen LogP contribution in [0.4, 0.5) is 5.69 Å². The van der Waals surface area contributed by atoms with E-state index < -0.39 is 70.1 Å². The summed E-state index contributed by atoms with van der Waals surface area (Å²) in [6.45, 7) is 0. The molecule has 3 aliphatic rings. The van der Waals surface area contributed by atoms with Crippen LogP contribution in [0.1, 0.15) is 22.3 Å². The summed E-state index contributed by atoms with van der Waals surface area (Å²) >= 11 is 0. The number of amides is 1. The number of phenolic OH excluding ortho intramolecular Hbond substituents is 1. The number of aliphatic hydroxyl groups is 1. The first-order valence-corrected chi connectivity index (χ1v) is 9.87. The number of fused-ring (bicyclic) bond motifs is 3. The lowest BCUT2D eigenvalue weighted by Crippen LogP contribution is -2.74. The number of hydrogen-bond donors (Lipinski definition) is 4. The third-order valence-corrected chi connectivity index (χ3v) is 6.97. The van der Waals surface area contributed by atoms with Crippen LogP contribution in [0.5, 0.6) is 5.75 Å². The van der Waals surface area contributed by atoms with Gasteiger partial charge in [0.05, 0.1) is 23.2 Å². The van der Waals surface area contributed by atoms with Crippen molar-refractivity contribution in [1.29, 1.82) is 0 Å². The van der Waals surface area contributed by atoms with Crippen molar-refractivity contribution < 1.29 is 34.2 Å². The first kappa shape index (κ1) is 21.1. The molecule has 1 aromatic rings. The van der Waals surface area contributed by atoms with Crippen LogP contribution in [0.15, 0.2) is 12.1 Å². The number of primary amides is 1. The summed E-state index contributed by atoms with van der Waals surface area (Å²) in [7, 11) is 3.07. The van der Waals surface area contributed by atoms with Gasteiger partial charge in [-0.1, -0.05) is 6.07 Å². The number of nitrogens with zero attached hydrogens (tertiary/aromatic N) is 1. The molecule has 0 radical (unpaired) electrons. The molecule has 164 valence electrons. The molecule has 10 nitrogen and oxygen atoms in total. The standard InChI is InChI=1S/C21H23N3O7/c1-24(2)14-9-6-8-5-7-3-4-10(22)15(25)11(7)16(26)12(8)18(28)21(9,31)19(29)13(17(14)27)20(23)30/h3-4,8-9,12-14,25,31H,5-6,22H2,1-2H3,(H2,23,30). The number of nitrogens with two attached hydrogens (primary N) is 2. The van der Waals surface area contributed by atoms with Gasteiger partial charge in [0.1, 0.15) is 5.75 Å². The molecule has 6 N–H and O–H groups in total. The molecule has 2 saturated carbocycles. The number of aromatic hydroxyl groups is 1. The quantitative estimate of drug-likeness (QED) is 0.246. The van der Waals surface area contributed by atoms with Gasteiger partial charge in [-0.3, -0.25) is 28.9 Å². The van der Waals surface area contributed by atoms with Crippen LogP contribution in [0.25, 0.3) is 0 Å². The minimum Gasteiger partial charge on any atom is -0.505 e. The Labute approximate surface area is 177 Å². The van der Waals surface area contributed by atoms with E-state index in [1.807, 2.05) is 0 Å². The van der Waals surface area contributed by atoms with Crippen molar-refractivity contribution in [2.75, 3.05) is 19.8 Å². The molecule has 6 unspecified atom stereocenters. The van der Waals surface area contributed by atoms with Gasteiger partial charge in [-0.2, -0.15) is 0 Å². The molecule has 10 heteroatoms. The second-order valence-electron chi connectivity index (χ2n) is 8.83. The molecular formula is C21H23N3O7. The van der Waals surface area contributed by atoms with Gasteiger partial charge in [0.15, 0.2) is 34.7 Å². The van der Waals surface area contributed by atoms with Crippen LogP contribution in [0.2, 0.25) is 0 Å². The summed E-state index contributed by atoms with van der Waals surface area (Å²) in [5.74, 6) is -10.7. The summed E-state index contributed by atoms with van der Waals surface area (Å²) < 4.78 is 0. The Kier molecular flexibility index (Phi) is 4.56. The van der Waals surface area contributed by atoms with E-state index in [0.717, 1.165) is 0 Å². The Morgan fingerprint density at radius 2 is 1.81 bits per heavy atom. The molecule has 0 bridgehead atoms. The van der Waals surface area contributed by atoms with Gasteiger partial charge >= 0.3 is 0 Å². The third kappa shape index (κ3) is 2.61. The van der Waals surface area contributed by atoms with Gasteiger partial charge in [-0.15, -0.1) is 0 Å². The van der Waals surface area contributed by atoms with E-state index in [0.29, 0.717) is 5.56 Å². The van der Waals surface area contributed by atoms with Crippen LogP contribution >= 0.6 is 0 Å². The van der Waals surface area contributed by atoms with Crippen LogP contribution < -0.4 is 11.5 Å². The highest BCUT2D eigenvalue weighted by molar-refractivity contribution is 6.32. The molecule has 0 aliphatic heterocycles. The van der Waals surface area contributed by atoms with E-state index in [1.54, 1.807) is 6.07 Å². The van der Waals surface area contributed by atoms with Crippen molar-refractivity contribution in [2.24, 2.45) is 29.4 Å². The second-order valence-corrected chi connectivity index (χ2v) is 8.83. The van der Waals surface area contributed by atoms with Crippen molar-refractivity contribution >= 4 is 34.7 Å². The van der Waals surface area contributed by atoms with Crippen LogP contribution in [0.3, 0.4) is 0 Å². The van der Waals surface area contributed by atoms with Gasteiger partial charge in [-0.25, -0.2) is 0 Å². The predicted molar refractivity (Wildman–Crippen MR) is 106 cm³/mol. The number of Topliss-reactive ketones (excluding diaryl/α,β-unsaturated/α-hetero) is 4. The Hall–Kier alpha value is -3.11. The highest BCUT2D eigenvalue weighted by Gasteiger charge is 2.69. The van der Waals surface area contributed by atoms with Gasteiger partial charge < -0.3 is 21.7 Å². The third-order valence-electron chi connectivity index (χ3n) is 6.97. The van der Waals surface area contributed by atoms with Gasteiger partial charge in [0.25, 0.3) is 0 Å². The van der Waals surface area contributed by atoms with Crippen LogP contribution in [-0.2, 0) is 25.6 Å². The fraction of sp³-hybridized carbons (Fsp3) is 0.476. The largest absolute Gasteiger partial charge is 0.505 e. The zero-order valence-electron chi connectivity index (χ0n) is 17.0. The lowest BCUT2D eigenvalue weighted by Gasteiger charge is -2.52. The second kappa shape index (κ2) is 6.69. The number of anilines is 1. The summed E-state index contributed by atoms with van der Waals surface area (Å²) in [4.78, 5) is 66.0. The molecule has 1 aromatic carbocycles. The molecule has 31 heavy (non-hydrogen) atoms. The zero-order chi connectivity index (χ0) is 23.0. The van der Waals surface area contributed by atoms with E-state index in [4.69, 9.17) is 11.5 Å². The molecule has 4 rings (SSSR count). The number of hydrogen-bond acceptors (Lipinski definition) is 9. The number of likely N-dealkylation sites (N-methyl/N-ethyl adjacent to an activating group) is 1. The van der Waals surface area contributed by atoms with Crippen molar-refractivity contribution in [3.8, 4) is 5.75 Å². The fourth-order valence-corrected chi connectivity index (χ4v) is 5.60. The van der Waals surface area contributed by atoms with E-state index >= 15 is 0 Å². The minimum atomic E-state index is -2.72. The number of rotatable bonds is 2. The van der Waals surface area contributed by atoms with Gasteiger partial charge in [-0.05, 0) is 44.5 Å². The van der Waals surface area contributed by atoms with Gasteiger partial charge in [0.2, 0.25) is 5.91 Å². The number of nitrogen functional groups attached to an aromatic ring is 1. The highest BCUT2D eigenvalue weighted by Crippen LogP contribution is 2.50. The zero-order valence-corrected chi connectivity index (χ0v) is 17.0. The number of phenols is 1. The van der Waals surface area contributed by atoms with E-state index in [2.05, 4.69) is 0 Å².